The molecule has 8 heteroatoms. The van der Waals surface area contributed by atoms with Crippen molar-refractivity contribution in [3.63, 3.8) is 0 Å². The van der Waals surface area contributed by atoms with E-state index in [1.54, 1.807) is 16.4 Å². The van der Waals surface area contributed by atoms with Gasteiger partial charge in [-0.3, -0.25) is 4.79 Å². The summed E-state index contributed by atoms with van der Waals surface area (Å²) >= 11 is 1.22. The van der Waals surface area contributed by atoms with Gasteiger partial charge in [-0.05, 0) is 32.0 Å². The van der Waals surface area contributed by atoms with Crippen LogP contribution < -0.4 is 10.6 Å². The molecule has 2 rings (SSSR count). The van der Waals surface area contributed by atoms with E-state index in [4.69, 9.17) is 0 Å². The van der Waals surface area contributed by atoms with Gasteiger partial charge in [0.2, 0.25) is 5.91 Å². The number of hydrogen-bond donors (Lipinski definition) is 2. The number of amides is 1. The first-order valence-electron chi connectivity index (χ1n) is 6.94. The van der Waals surface area contributed by atoms with E-state index in [1.807, 2.05) is 7.05 Å². The van der Waals surface area contributed by atoms with Gasteiger partial charge in [0.05, 0.1) is 6.54 Å². The van der Waals surface area contributed by atoms with Crippen LogP contribution in [0, 0.1) is 0 Å². The average Bonchev–Trinajstić information content (AvgIpc) is 3.05. The summed E-state index contributed by atoms with van der Waals surface area (Å²) in [7, 11) is -1.60. The molecule has 1 aromatic rings. The van der Waals surface area contributed by atoms with Crippen LogP contribution in [0.3, 0.4) is 0 Å². The maximum Gasteiger partial charge on any atom is 0.252 e. The average molecular weight is 331 g/mol. The molecule has 1 aromatic heterocycles. The first-order valence-corrected chi connectivity index (χ1v) is 9.20. The molecule has 118 valence electrons. The maximum atomic E-state index is 12.7. The first kappa shape index (κ1) is 16.4. The highest BCUT2D eigenvalue weighted by Crippen LogP contribution is 2.30. The Labute approximate surface area is 129 Å². The Morgan fingerprint density at radius 2 is 2.24 bits per heavy atom. The molecule has 1 saturated heterocycles. The zero-order chi connectivity index (χ0) is 15.5. The molecule has 0 saturated carbocycles. The molecule has 1 fully saturated rings. The van der Waals surface area contributed by atoms with Crippen LogP contribution in [0.15, 0.2) is 16.3 Å². The van der Waals surface area contributed by atoms with E-state index in [2.05, 4.69) is 10.6 Å². The van der Waals surface area contributed by atoms with Crippen molar-refractivity contribution in [1.29, 1.82) is 0 Å². The van der Waals surface area contributed by atoms with Crippen LogP contribution in [0.2, 0.25) is 0 Å². The molecule has 1 amide bonds. The van der Waals surface area contributed by atoms with Crippen molar-refractivity contribution in [2.24, 2.45) is 0 Å². The second-order valence-corrected chi connectivity index (χ2v) is 8.39. The lowest BCUT2D eigenvalue weighted by molar-refractivity contribution is -0.119. The van der Waals surface area contributed by atoms with Gasteiger partial charge in [0.15, 0.2) is 0 Å². The summed E-state index contributed by atoms with van der Waals surface area (Å²) in [5.41, 5.74) is 0. The quantitative estimate of drug-likeness (QED) is 0.806. The minimum Gasteiger partial charge on any atom is -0.351 e. The highest BCUT2D eigenvalue weighted by molar-refractivity contribution is 7.91. The Hall–Kier alpha value is -0.960. The topological polar surface area (TPSA) is 78.5 Å². The molecule has 0 aromatic carbocycles. The number of likely N-dealkylation sites (N-methyl/N-ethyl adjacent to an activating group) is 1. The molecule has 2 heterocycles. The van der Waals surface area contributed by atoms with Crippen molar-refractivity contribution < 1.29 is 13.2 Å². The summed E-state index contributed by atoms with van der Waals surface area (Å²) in [6, 6.07) is 3.42. The van der Waals surface area contributed by atoms with E-state index in [-0.39, 0.29) is 11.9 Å². The third kappa shape index (κ3) is 3.82. The SMILES string of the molecule is CNCC1CCCN1S(=O)(=O)c1ccc(CNC(C)=O)s1. The molecule has 0 radical (unpaired) electrons. The second-order valence-electron chi connectivity index (χ2n) is 5.10. The Morgan fingerprint density at radius 3 is 2.90 bits per heavy atom. The number of hydrogen-bond acceptors (Lipinski definition) is 5. The molecule has 6 nitrogen and oxygen atoms in total. The molecular weight excluding hydrogens is 310 g/mol. The molecule has 1 atom stereocenters. The molecule has 2 N–H and O–H groups in total. The van der Waals surface area contributed by atoms with Crippen LogP contribution in [-0.4, -0.2) is 44.8 Å². The van der Waals surface area contributed by atoms with E-state index in [9.17, 15) is 13.2 Å². The predicted molar refractivity (Wildman–Crippen MR) is 82.7 cm³/mol. The Bertz CT molecular complexity index is 598. The lowest BCUT2D eigenvalue weighted by atomic mass is 10.2. The van der Waals surface area contributed by atoms with E-state index < -0.39 is 10.0 Å². The van der Waals surface area contributed by atoms with Gasteiger partial charge in [0.1, 0.15) is 4.21 Å². The zero-order valence-corrected chi connectivity index (χ0v) is 13.9. The number of carbonyl (C=O) groups excluding carboxylic acids is 1. The van der Waals surface area contributed by atoms with E-state index in [1.165, 1.54) is 18.3 Å². The molecule has 21 heavy (non-hydrogen) atoms. The van der Waals surface area contributed by atoms with Gasteiger partial charge < -0.3 is 10.6 Å². The Morgan fingerprint density at radius 1 is 1.48 bits per heavy atom. The summed E-state index contributed by atoms with van der Waals surface area (Å²) in [4.78, 5) is 11.7. The van der Waals surface area contributed by atoms with Crippen LogP contribution >= 0.6 is 11.3 Å². The van der Waals surface area contributed by atoms with E-state index in [0.29, 0.717) is 23.8 Å². The summed E-state index contributed by atoms with van der Waals surface area (Å²) in [5.74, 6) is -0.124. The second kappa shape index (κ2) is 6.87. The summed E-state index contributed by atoms with van der Waals surface area (Å²) in [6.45, 7) is 3.06. The number of sulfonamides is 1. The lowest BCUT2D eigenvalue weighted by Gasteiger charge is -2.23. The Kier molecular flexibility index (Phi) is 5.37. The fourth-order valence-corrected chi connectivity index (χ4v) is 5.60. The van der Waals surface area contributed by atoms with E-state index >= 15 is 0 Å². The zero-order valence-electron chi connectivity index (χ0n) is 12.3. The highest BCUT2D eigenvalue weighted by atomic mass is 32.2. The fraction of sp³-hybridized carbons (Fsp3) is 0.615. The molecule has 0 bridgehead atoms. The van der Waals surface area contributed by atoms with Crippen LogP contribution in [0.25, 0.3) is 0 Å². The van der Waals surface area contributed by atoms with Crippen LogP contribution in [0.5, 0.6) is 0 Å². The van der Waals surface area contributed by atoms with Crippen molar-refractivity contribution >= 4 is 27.3 Å². The number of carbonyl (C=O) groups is 1. The van der Waals surface area contributed by atoms with Gasteiger partial charge in [0.25, 0.3) is 10.0 Å². The summed E-state index contributed by atoms with van der Waals surface area (Å²) in [6.07, 6.45) is 1.79. The molecule has 1 aliphatic rings. The number of nitrogens with one attached hydrogen (secondary N) is 2. The number of thiophene rings is 1. The standard InChI is InChI=1S/C13H21N3O3S2/c1-10(17)15-9-12-5-6-13(20-12)21(18,19)16-7-3-4-11(16)8-14-2/h5-6,11,14H,3-4,7-9H2,1-2H3,(H,15,17). The van der Waals surface area contributed by atoms with Crippen molar-refractivity contribution in [1.82, 2.24) is 14.9 Å². The van der Waals surface area contributed by atoms with Gasteiger partial charge in [-0.2, -0.15) is 4.31 Å². The van der Waals surface area contributed by atoms with Gasteiger partial charge in [-0.15, -0.1) is 11.3 Å². The van der Waals surface area contributed by atoms with Crippen LogP contribution in [0.4, 0.5) is 0 Å². The summed E-state index contributed by atoms with van der Waals surface area (Å²) in [5, 5.41) is 5.73. The fourth-order valence-electron chi connectivity index (χ4n) is 2.48. The van der Waals surface area contributed by atoms with Crippen molar-refractivity contribution in [2.75, 3.05) is 20.1 Å². The number of nitrogens with zero attached hydrogens (tertiary/aromatic N) is 1. The van der Waals surface area contributed by atoms with Gasteiger partial charge in [-0.25, -0.2) is 8.42 Å². The van der Waals surface area contributed by atoms with Crippen LogP contribution in [-0.2, 0) is 21.4 Å². The molecule has 0 spiro atoms. The predicted octanol–water partition coefficient (Wildman–Crippen LogP) is 0.757. The van der Waals surface area contributed by atoms with Gasteiger partial charge >= 0.3 is 0 Å². The molecule has 1 aliphatic heterocycles. The maximum absolute atomic E-state index is 12.7. The van der Waals surface area contributed by atoms with Crippen molar-refractivity contribution in [3.05, 3.63) is 17.0 Å². The van der Waals surface area contributed by atoms with Gasteiger partial charge in [-0.1, -0.05) is 0 Å². The van der Waals surface area contributed by atoms with Crippen molar-refractivity contribution in [2.45, 2.75) is 36.6 Å². The summed E-state index contributed by atoms with van der Waals surface area (Å²) < 4.78 is 27.3. The van der Waals surface area contributed by atoms with Crippen molar-refractivity contribution in [3.8, 4) is 0 Å². The van der Waals surface area contributed by atoms with E-state index in [0.717, 1.165) is 17.7 Å². The third-order valence-electron chi connectivity index (χ3n) is 3.47. The normalized spacial score (nSPS) is 19.8. The molecule has 1 unspecified atom stereocenters. The minimum atomic E-state index is -3.43. The largest absolute Gasteiger partial charge is 0.351 e. The number of rotatable bonds is 6. The first-order chi connectivity index (χ1) is 9.95. The third-order valence-corrected chi connectivity index (χ3v) is 6.98. The smallest absolute Gasteiger partial charge is 0.252 e. The van der Waals surface area contributed by atoms with Gasteiger partial charge in [0, 0.05) is 30.9 Å². The monoisotopic (exact) mass is 331 g/mol. The lowest BCUT2D eigenvalue weighted by Crippen LogP contribution is -2.40. The van der Waals surface area contributed by atoms with Crippen LogP contribution in [0.1, 0.15) is 24.6 Å². The highest BCUT2D eigenvalue weighted by Gasteiger charge is 2.35. The molecule has 0 aliphatic carbocycles. The molecular formula is C13H21N3O3S2. The Balaban J connectivity index is 2.14. The minimum absolute atomic E-state index is 0.0286.